The average Bonchev–Trinajstić information content (AvgIpc) is 2.23. The van der Waals surface area contributed by atoms with Gasteiger partial charge in [-0.2, -0.15) is 0 Å². The molecule has 0 amide bonds. The Kier molecular flexibility index (Phi) is 2.36. The lowest BCUT2D eigenvalue weighted by molar-refractivity contribution is 0.583. The van der Waals surface area contributed by atoms with Crippen molar-refractivity contribution < 1.29 is 0 Å². The first kappa shape index (κ1) is 9.01. The van der Waals surface area contributed by atoms with Gasteiger partial charge in [-0.25, -0.2) is 9.66 Å². The molecular weight excluding hydrogens is 182 g/mol. The molecule has 2 heterocycles. The Balaban J connectivity index is 2.23. The van der Waals surface area contributed by atoms with Crippen LogP contribution < -0.4 is 21.6 Å². The van der Waals surface area contributed by atoms with Gasteiger partial charge in [0.05, 0.1) is 0 Å². The maximum absolute atomic E-state index is 11.2. The standard InChI is InChI=1S/C8H13N5O/c9-13-6-11-7(5-8(13)14)12-3-1-10-2-4-12/h5-6,10H,1-4,9H2. The molecule has 0 saturated carbocycles. The number of hydrogen-bond acceptors (Lipinski definition) is 5. The van der Waals surface area contributed by atoms with Crippen molar-refractivity contribution in [1.82, 2.24) is 15.0 Å². The van der Waals surface area contributed by atoms with Crippen molar-refractivity contribution in [3.63, 3.8) is 0 Å². The molecule has 1 aromatic rings. The summed E-state index contributed by atoms with van der Waals surface area (Å²) in [5.74, 6) is 6.04. The average molecular weight is 195 g/mol. The molecule has 0 atom stereocenters. The van der Waals surface area contributed by atoms with Crippen molar-refractivity contribution in [3.8, 4) is 0 Å². The molecule has 0 bridgehead atoms. The zero-order chi connectivity index (χ0) is 9.97. The summed E-state index contributed by atoms with van der Waals surface area (Å²) in [4.78, 5) is 17.4. The van der Waals surface area contributed by atoms with Crippen LogP contribution in [0.2, 0.25) is 0 Å². The fourth-order valence-electron chi connectivity index (χ4n) is 1.47. The Hall–Kier alpha value is -1.56. The predicted octanol–water partition coefficient (Wildman–Crippen LogP) is -1.63. The van der Waals surface area contributed by atoms with Gasteiger partial charge in [-0.05, 0) is 0 Å². The molecule has 1 saturated heterocycles. The Labute approximate surface area is 81.3 Å². The molecule has 1 aromatic heterocycles. The smallest absolute Gasteiger partial charge is 0.273 e. The van der Waals surface area contributed by atoms with Gasteiger partial charge in [-0.3, -0.25) is 4.79 Å². The summed E-state index contributed by atoms with van der Waals surface area (Å²) >= 11 is 0. The van der Waals surface area contributed by atoms with E-state index in [0.717, 1.165) is 30.9 Å². The van der Waals surface area contributed by atoms with Crippen molar-refractivity contribution in [1.29, 1.82) is 0 Å². The molecule has 0 spiro atoms. The van der Waals surface area contributed by atoms with E-state index in [2.05, 4.69) is 15.2 Å². The first-order chi connectivity index (χ1) is 6.77. The second-order valence-electron chi connectivity index (χ2n) is 3.23. The van der Waals surface area contributed by atoms with Crippen LogP contribution in [-0.4, -0.2) is 35.8 Å². The first-order valence-corrected chi connectivity index (χ1v) is 4.57. The molecule has 6 heteroatoms. The molecule has 2 rings (SSSR count). The lowest BCUT2D eigenvalue weighted by Crippen LogP contribution is -2.44. The quantitative estimate of drug-likeness (QED) is 0.526. The molecule has 0 aliphatic carbocycles. The minimum absolute atomic E-state index is 0.228. The van der Waals surface area contributed by atoms with Crippen LogP contribution in [0, 0.1) is 0 Å². The highest BCUT2D eigenvalue weighted by molar-refractivity contribution is 5.37. The Morgan fingerprint density at radius 1 is 1.43 bits per heavy atom. The molecule has 0 radical (unpaired) electrons. The van der Waals surface area contributed by atoms with E-state index in [0.29, 0.717) is 5.82 Å². The zero-order valence-corrected chi connectivity index (χ0v) is 7.81. The number of anilines is 1. The van der Waals surface area contributed by atoms with Gasteiger partial charge < -0.3 is 16.1 Å². The summed E-state index contributed by atoms with van der Waals surface area (Å²) in [6, 6.07) is 1.46. The Morgan fingerprint density at radius 2 is 2.14 bits per heavy atom. The molecular formula is C8H13N5O. The third kappa shape index (κ3) is 1.69. The lowest BCUT2D eigenvalue weighted by Gasteiger charge is -2.28. The molecule has 0 aromatic carbocycles. The number of aromatic nitrogens is 2. The highest BCUT2D eigenvalue weighted by Crippen LogP contribution is 2.06. The summed E-state index contributed by atoms with van der Waals surface area (Å²) in [6.45, 7) is 3.60. The molecule has 14 heavy (non-hydrogen) atoms. The number of nitrogens with one attached hydrogen (secondary N) is 1. The largest absolute Gasteiger partial charge is 0.354 e. The number of hydrogen-bond donors (Lipinski definition) is 2. The van der Waals surface area contributed by atoms with Gasteiger partial charge in [0, 0.05) is 32.2 Å². The maximum atomic E-state index is 11.2. The van der Waals surface area contributed by atoms with Crippen LogP contribution in [0.15, 0.2) is 17.2 Å². The third-order valence-electron chi connectivity index (χ3n) is 2.26. The molecule has 0 unspecified atom stereocenters. The van der Waals surface area contributed by atoms with Gasteiger partial charge in [-0.1, -0.05) is 0 Å². The topological polar surface area (TPSA) is 76.2 Å². The summed E-state index contributed by atoms with van der Waals surface area (Å²) in [7, 11) is 0. The third-order valence-corrected chi connectivity index (χ3v) is 2.26. The van der Waals surface area contributed by atoms with Crippen molar-refractivity contribution in [2.45, 2.75) is 0 Å². The Morgan fingerprint density at radius 3 is 2.79 bits per heavy atom. The van der Waals surface area contributed by atoms with Crippen LogP contribution in [-0.2, 0) is 0 Å². The molecule has 6 nitrogen and oxygen atoms in total. The zero-order valence-electron chi connectivity index (χ0n) is 7.81. The van der Waals surface area contributed by atoms with E-state index in [1.54, 1.807) is 0 Å². The van der Waals surface area contributed by atoms with Gasteiger partial charge in [-0.15, -0.1) is 0 Å². The van der Waals surface area contributed by atoms with Crippen molar-refractivity contribution in [3.05, 3.63) is 22.7 Å². The van der Waals surface area contributed by atoms with Gasteiger partial charge in [0.15, 0.2) is 0 Å². The van der Waals surface area contributed by atoms with Crippen LogP contribution >= 0.6 is 0 Å². The van der Waals surface area contributed by atoms with Crippen LogP contribution in [0.4, 0.5) is 5.82 Å². The minimum Gasteiger partial charge on any atom is -0.354 e. The van der Waals surface area contributed by atoms with E-state index in [4.69, 9.17) is 5.84 Å². The fourth-order valence-corrected chi connectivity index (χ4v) is 1.47. The number of piperazine rings is 1. The van der Waals surface area contributed by atoms with Crippen LogP contribution in [0.1, 0.15) is 0 Å². The number of rotatable bonds is 1. The van der Waals surface area contributed by atoms with E-state index >= 15 is 0 Å². The fraction of sp³-hybridized carbons (Fsp3) is 0.500. The highest BCUT2D eigenvalue weighted by atomic mass is 16.1. The second-order valence-corrected chi connectivity index (χ2v) is 3.23. The number of nitrogens with two attached hydrogens (primary N) is 1. The molecule has 3 N–H and O–H groups in total. The predicted molar refractivity (Wildman–Crippen MR) is 53.7 cm³/mol. The monoisotopic (exact) mass is 195 g/mol. The molecule has 1 aliphatic heterocycles. The minimum atomic E-state index is -0.228. The summed E-state index contributed by atoms with van der Waals surface area (Å²) in [5.41, 5.74) is -0.228. The second kappa shape index (κ2) is 3.67. The van der Waals surface area contributed by atoms with E-state index in [9.17, 15) is 4.79 Å². The summed E-state index contributed by atoms with van der Waals surface area (Å²) in [5, 5.41) is 3.23. The van der Waals surface area contributed by atoms with E-state index in [1.165, 1.54) is 12.4 Å². The lowest BCUT2D eigenvalue weighted by atomic mass is 10.3. The summed E-state index contributed by atoms with van der Waals surface area (Å²) < 4.78 is 0.978. The van der Waals surface area contributed by atoms with E-state index < -0.39 is 0 Å². The van der Waals surface area contributed by atoms with E-state index in [-0.39, 0.29) is 5.56 Å². The van der Waals surface area contributed by atoms with Crippen LogP contribution in [0.3, 0.4) is 0 Å². The van der Waals surface area contributed by atoms with Gasteiger partial charge in [0.1, 0.15) is 12.1 Å². The van der Waals surface area contributed by atoms with Crippen molar-refractivity contribution in [2.24, 2.45) is 0 Å². The first-order valence-electron chi connectivity index (χ1n) is 4.57. The Bertz CT molecular complexity index is 368. The maximum Gasteiger partial charge on any atom is 0.273 e. The number of nitrogen functional groups attached to an aromatic ring is 1. The van der Waals surface area contributed by atoms with Crippen LogP contribution in [0.25, 0.3) is 0 Å². The normalized spacial score (nSPS) is 17.0. The molecule has 1 fully saturated rings. The van der Waals surface area contributed by atoms with E-state index in [1.807, 2.05) is 0 Å². The van der Waals surface area contributed by atoms with Crippen molar-refractivity contribution in [2.75, 3.05) is 36.9 Å². The van der Waals surface area contributed by atoms with Crippen LogP contribution in [0.5, 0.6) is 0 Å². The van der Waals surface area contributed by atoms with Gasteiger partial charge >= 0.3 is 0 Å². The molecule has 76 valence electrons. The SMILES string of the molecule is Nn1cnc(N2CCNCC2)cc1=O. The highest BCUT2D eigenvalue weighted by Gasteiger charge is 2.11. The van der Waals surface area contributed by atoms with Gasteiger partial charge in [0.2, 0.25) is 0 Å². The van der Waals surface area contributed by atoms with Gasteiger partial charge in [0.25, 0.3) is 5.56 Å². The molecule has 1 aliphatic rings. The summed E-state index contributed by atoms with van der Waals surface area (Å²) in [6.07, 6.45) is 1.35. The van der Waals surface area contributed by atoms with Crippen molar-refractivity contribution >= 4 is 5.82 Å². The number of nitrogens with zero attached hydrogens (tertiary/aromatic N) is 3.